The standard InChI is InChI=1S/C14H16FN3O3/c1-3-18-11-5-4-9(15)6-10(11)13(20)12(17-18)14(21)16-7-8(2)19/h4-6,8,19H,3,7H2,1-2H3,(H,16,21). The van der Waals surface area contributed by atoms with Crippen LogP contribution in [0.15, 0.2) is 23.0 Å². The summed E-state index contributed by atoms with van der Waals surface area (Å²) in [6, 6.07) is 3.79. The normalized spacial score (nSPS) is 12.4. The number of nitrogens with one attached hydrogen (secondary N) is 1. The van der Waals surface area contributed by atoms with E-state index in [4.69, 9.17) is 5.11 Å². The highest BCUT2D eigenvalue weighted by Gasteiger charge is 2.17. The lowest BCUT2D eigenvalue weighted by Crippen LogP contribution is -2.35. The molecule has 0 saturated carbocycles. The molecule has 2 aromatic rings. The SMILES string of the molecule is CCn1nc(C(=O)NCC(C)O)c(=O)c2cc(F)ccc21. The number of carbonyl (C=O) groups excluding carboxylic acids is 1. The summed E-state index contributed by atoms with van der Waals surface area (Å²) in [5, 5.41) is 15.7. The molecule has 0 bridgehead atoms. The van der Waals surface area contributed by atoms with Crippen molar-refractivity contribution >= 4 is 16.8 Å². The number of hydrogen-bond acceptors (Lipinski definition) is 4. The van der Waals surface area contributed by atoms with E-state index >= 15 is 0 Å². The van der Waals surface area contributed by atoms with E-state index in [1.165, 1.54) is 23.7 Å². The van der Waals surface area contributed by atoms with Gasteiger partial charge in [0, 0.05) is 13.1 Å². The van der Waals surface area contributed by atoms with E-state index in [9.17, 15) is 14.0 Å². The second kappa shape index (κ2) is 6.01. The van der Waals surface area contributed by atoms with Crippen molar-refractivity contribution in [2.75, 3.05) is 6.54 Å². The van der Waals surface area contributed by atoms with E-state index in [2.05, 4.69) is 10.4 Å². The van der Waals surface area contributed by atoms with E-state index in [0.29, 0.717) is 12.1 Å². The average Bonchev–Trinajstić information content (AvgIpc) is 2.45. The zero-order valence-corrected chi connectivity index (χ0v) is 11.8. The van der Waals surface area contributed by atoms with E-state index in [1.54, 1.807) is 6.92 Å². The predicted molar refractivity (Wildman–Crippen MR) is 75.6 cm³/mol. The molecule has 2 N–H and O–H groups in total. The maximum Gasteiger partial charge on any atom is 0.275 e. The second-order valence-electron chi connectivity index (χ2n) is 4.71. The van der Waals surface area contributed by atoms with Crippen molar-refractivity contribution in [3.8, 4) is 0 Å². The van der Waals surface area contributed by atoms with Crippen LogP contribution in [0.3, 0.4) is 0 Å². The lowest BCUT2D eigenvalue weighted by atomic mass is 10.2. The molecule has 0 saturated heterocycles. The monoisotopic (exact) mass is 293 g/mol. The number of fused-ring (bicyclic) bond motifs is 1. The number of carbonyl (C=O) groups is 1. The smallest absolute Gasteiger partial charge is 0.275 e. The van der Waals surface area contributed by atoms with Gasteiger partial charge in [0.1, 0.15) is 5.82 Å². The number of aliphatic hydroxyl groups is 1. The Bertz CT molecular complexity index is 740. The minimum atomic E-state index is -0.736. The zero-order valence-electron chi connectivity index (χ0n) is 11.8. The molecule has 0 aliphatic carbocycles. The Hall–Kier alpha value is -2.28. The van der Waals surface area contributed by atoms with Crippen LogP contribution >= 0.6 is 0 Å². The van der Waals surface area contributed by atoms with Gasteiger partial charge in [-0.1, -0.05) is 0 Å². The van der Waals surface area contributed by atoms with E-state index in [0.717, 1.165) is 6.07 Å². The van der Waals surface area contributed by atoms with Gasteiger partial charge in [-0.05, 0) is 32.0 Å². The van der Waals surface area contributed by atoms with Crippen molar-refractivity contribution in [1.82, 2.24) is 15.1 Å². The summed E-state index contributed by atoms with van der Waals surface area (Å²) < 4.78 is 14.8. The van der Waals surface area contributed by atoms with Gasteiger partial charge in [0.2, 0.25) is 5.43 Å². The van der Waals surface area contributed by atoms with Crippen LogP contribution in [0.4, 0.5) is 4.39 Å². The maximum atomic E-state index is 13.3. The fourth-order valence-corrected chi connectivity index (χ4v) is 1.98. The molecule has 7 heteroatoms. The number of rotatable bonds is 4. The third kappa shape index (κ3) is 3.08. The Morgan fingerprint density at radius 3 is 2.86 bits per heavy atom. The molecule has 0 spiro atoms. The topological polar surface area (TPSA) is 84.2 Å². The molecule has 21 heavy (non-hydrogen) atoms. The molecule has 1 atom stereocenters. The predicted octanol–water partition coefficient (Wildman–Crippen LogP) is 0.666. The Kier molecular flexibility index (Phi) is 4.32. The summed E-state index contributed by atoms with van der Waals surface area (Å²) in [4.78, 5) is 24.2. The maximum absolute atomic E-state index is 13.3. The number of benzene rings is 1. The molecule has 6 nitrogen and oxygen atoms in total. The molecule has 0 aliphatic heterocycles. The molecule has 0 radical (unpaired) electrons. The van der Waals surface area contributed by atoms with Gasteiger partial charge in [-0.2, -0.15) is 5.10 Å². The van der Waals surface area contributed by atoms with Crippen molar-refractivity contribution in [3.63, 3.8) is 0 Å². The fourth-order valence-electron chi connectivity index (χ4n) is 1.98. The number of amides is 1. The van der Waals surface area contributed by atoms with Gasteiger partial charge in [-0.3, -0.25) is 14.3 Å². The minimum Gasteiger partial charge on any atom is -0.392 e. The van der Waals surface area contributed by atoms with Crippen LogP contribution in [-0.2, 0) is 6.54 Å². The first-order chi connectivity index (χ1) is 9.93. The van der Waals surface area contributed by atoms with E-state index in [1.807, 2.05) is 0 Å². The van der Waals surface area contributed by atoms with Crippen LogP contribution in [0.2, 0.25) is 0 Å². The summed E-state index contributed by atoms with van der Waals surface area (Å²) in [6.07, 6.45) is -0.736. The first kappa shape index (κ1) is 15.1. The van der Waals surface area contributed by atoms with Gasteiger partial charge in [0.25, 0.3) is 5.91 Å². The average molecular weight is 293 g/mol. The van der Waals surface area contributed by atoms with Crippen molar-refractivity contribution in [1.29, 1.82) is 0 Å². The molecular formula is C14H16FN3O3. The van der Waals surface area contributed by atoms with Crippen molar-refractivity contribution in [2.24, 2.45) is 0 Å². The first-order valence-corrected chi connectivity index (χ1v) is 6.60. The summed E-state index contributed by atoms with van der Waals surface area (Å²) in [5.74, 6) is -1.24. The van der Waals surface area contributed by atoms with Gasteiger partial charge < -0.3 is 10.4 Å². The lowest BCUT2D eigenvalue weighted by Gasteiger charge is -2.11. The molecule has 1 amide bonds. The second-order valence-corrected chi connectivity index (χ2v) is 4.71. The van der Waals surface area contributed by atoms with Crippen LogP contribution < -0.4 is 10.7 Å². The summed E-state index contributed by atoms with van der Waals surface area (Å²) in [5.41, 5.74) is -0.469. The van der Waals surface area contributed by atoms with Crippen LogP contribution in [0.25, 0.3) is 10.9 Å². The third-order valence-electron chi connectivity index (χ3n) is 2.99. The molecule has 1 aromatic carbocycles. The zero-order chi connectivity index (χ0) is 15.6. The van der Waals surface area contributed by atoms with Crippen LogP contribution in [-0.4, -0.2) is 33.4 Å². The minimum absolute atomic E-state index is 0.00721. The number of hydrogen-bond donors (Lipinski definition) is 2. The molecule has 1 unspecified atom stereocenters. The summed E-state index contributed by atoms with van der Waals surface area (Å²) in [7, 11) is 0. The molecule has 1 aromatic heterocycles. The van der Waals surface area contributed by atoms with Crippen LogP contribution in [0.1, 0.15) is 24.3 Å². The molecule has 112 valence electrons. The largest absolute Gasteiger partial charge is 0.392 e. The van der Waals surface area contributed by atoms with Crippen molar-refractivity contribution < 1.29 is 14.3 Å². The van der Waals surface area contributed by atoms with Gasteiger partial charge in [0.05, 0.1) is 17.0 Å². The molecule has 2 rings (SSSR count). The highest BCUT2D eigenvalue weighted by atomic mass is 19.1. The van der Waals surface area contributed by atoms with Crippen LogP contribution in [0, 0.1) is 5.82 Å². The number of aryl methyl sites for hydroxylation is 1. The lowest BCUT2D eigenvalue weighted by molar-refractivity contribution is 0.0916. The summed E-state index contributed by atoms with van der Waals surface area (Å²) >= 11 is 0. The van der Waals surface area contributed by atoms with E-state index in [-0.39, 0.29) is 17.6 Å². The highest BCUT2D eigenvalue weighted by Crippen LogP contribution is 2.12. The number of halogens is 1. The van der Waals surface area contributed by atoms with Crippen molar-refractivity contribution in [2.45, 2.75) is 26.5 Å². The molecule has 0 aliphatic rings. The summed E-state index contributed by atoms with van der Waals surface area (Å²) in [6.45, 7) is 3.75. The van der Waals surface area contributed by atoms with Gasteiger partial charge >= 0.3 is 0 Å². The Labute approximate surface area is 120 Å². The Morgan fingerprint density at radius 2 is 2.24 bits per heavy atom. The number of aliphatic hydroxyl groups excluding tert-OH is 1. The van der Waals surface area contributed by atoms with Gasteiger partial charge in [-0.25, -0.2) is 4.39 Å². The van der Waals surface area contributed by atoms with Crippen LogP contribution in [0.5, 0.6) is 0 Å². The quantitative estimate of drug-likeness (QED) is 0.867. The molecular weight excluding hydrogens is 277 g/mol. The highest BCUT2D eigenvalue weighted by molar-refractivity contribution is 5.95. The number of nitrogens with zero attached hydrogens (tertiary/aromatic N) is 2. The number of aromatic nitrogens is 2. The first-order valence-electron chi connectivity index (χ1n) is 6.60. The van der Waals surface area contributed by atoms with Crippen molar-refractivity contribution in [3.05, 3.63) is 39.9 Å². The molecule has 1 heterocycles. The van der Waals surface area contributed by atoms with E-state index < -0.39 is 23.3 Å². The fraction of sp³-hybridized carbons (Fsp3) is 0.357. The van der Waals surface area contributed by atoms with Gasteiger partial charge in [-0.15, -0.1) is 0 Å². The Balaban J connectivity index is 2.57. The Morgan fingerprint density at radius 1 is 1.52 bits per heavy atom. The molecule has 0 fully saturated rings. The van der Waals surface area contributed by atoms with Gasteiger partial charge in [0.15, 0.2) is 5.69 Å². The third-order valence-corrected chi connectivity index (χ3v) is 2.99.